The van der Waals surface area contributed by atoms with E-state index >= 15 is 0 Å². The number of aromatic carboxylic acids is 2. The molecule has 20 heteroatoms. The van der Waals surface area contributed by atoms with Crippen LogP contribution in [0.3, 0.4) is 0 Å². The molecule has 0 aromatic carbocycles. The van der Waals surface area contributed by atoms with E-state index < -0.39 is 19.7 Å². The molecule has 0 bridgehead atoms. The number of halogens is 6. The summed E-state index contributed by atoms with van der Waals surface area (Å²) in [7, 11) is -6.49. The molecule has 12 nitrogen and oxygen atoms in total. The predicted molar refractivity (Wildman–Crippen MR) is 143 cm³/mol. The van der Waals surface area contributed by atoms with E-state index in [1.807, 2.05) is 12.1 Å². The van der Waals surface area contributed by atoms with Crippen LogP contribution < -0.4 is 10.2 Å². The van der Waals surface area contributed by atoms with Crippen LogP contribution in [-0.4, -0.2) is 119 Å². The second kappa shape index (κ2) is 17.8. The van der Waals surface area contributed by atoms with Crippen molar-refractivity contribution in [1.82, 2.24) is 29.6 Å². The van der Waals surface area contributed by atoms with Crippen LogP contribution in [0.2, 0.25) is 0 Å². The van der Waals surface area contributed by atoms with Crippen molar-refractivity contribution in [3.8, 4) is 0 Å². The number of carboxylic acids is 2. The van der Waals surface area contributed by atoms with Crippen LogP contribution in [0.15, 0.2) is 36.4 Å². The van der Waals surface area contributed by atoms with Crippen LogP contribution in [-0.2, 0) is 13.1 Å². The van der Waals surface area contributed by atoms with Gasteiger partial charge in [-0.3, -0.25) is 19.8 Å². The Bertz CT molecular complexity index is 1100. The molecular weight excluding hydrogens is 788 g/mol. The van der Waals surface area contributed by atoms with Gasteiger partial charge in [-0.1, -0.05) is 12.1 Å². The molecule has 2 aromatic heterocycles. The fraction of sp³-hybridized carbons (Fsp3) is 0.500. The van der Waals surface area contributed by atoms with Crippen molar-refractivity contribution in [1.29, 1.82) is 0 Å². The second-order valence-electron chi connectivity index (χ2n) is 9.72. The van der Waals surface area contributed by atoms with Crippen molar-refractivity contribution in [3.63, 3.8) is 0 Å². The van der Waals surface area contributed by atoms with E-state index in [9.17, 15) is 45.0 Å². The summed E-state index contributed by atoms with van der Waals surface area (Å²) < 4.78 is 59.2. The number of hydrogen-bond donors (Lipinski definition) is 0. The molecule has 0 saturated carbocycles. The number of aromatic nitrogens is 2. The van der Waals surface area contributed by atoms with E-state index in [-0.39, 0.29) is 59.2 Å². The van der Waals surface area contributed by atoms with Crippen molar-refractivity contribution in [3.05, 3.63) is 59.2 Å². The van der Waals surface area contributed by atoms with Gasteiger partial charge in [0, 0.05) is 65.4 Å². The number of pyridine rings is 2. The molecule has 4 N–H and O–H groups in total. The summed E-state index contributed by atoms with van der Waals surface area (Å²) in [5.74, 6) is -2.53. The molecule has 0 amide bonds. The molecular formula is C24H36F6LuN6O6P. The first-order chi connectivity index (χ1) is 18.7. The van der Waals surface area contributed by atoms with E-state index in [0.717, 1.165) is 63.7 Å². The molecule has 0 radical (unpaired) electrons. The van der Waals surface area contributed by atoms with Gasteiger partial charge in [0.1, 0.15) is 0 Å². The molecule has 1 saturated heterocycles. The standard InChI is InChI=1S/C24H34N6O4.F6P.Lu.2H2O/c1-27-9-13-29(17-19-5-3-7-21(25-19)23(31)32)15-11-28(2)12-16-30(14-10-27)18-20-6-4-8-22(26-20)24(33)34;1-7(2,3,4,5)6;;;/h3-8H,9-18H2,1-2H3,(H,31,32)(H,33,34);;;2*1H2/q;-1;+3;;/p-2. The zero-order valence-corrected chi connectivity index (χ0v) is 26.4. The number of nitrogens with zero attached hydrogens (tertiary/aromatic N) is 6. The van der Waals surface area contributed by atoms with E-state index in [4.69, 9.17) is 0 Å². The summed E-state index contributed by atoms with van der Waals surface area (Å²) >= 11 is 0. The molecule has 1 aliphatic heterocycles. The summed E-state index contributed by atoms with van der Waals surface area (Å²) in [6, 6.07) is 10.00. The molecule has 2 aromatic rings. The maximum Gasteiger partial charge on any atom is 3.00 e. The Morgan fingerprint density at radius 1 is 0.659 bits per heavy atom. The molecule has 0 unspecified atom stereocenters. The fourth-order valence-electron chi connectivity index (χ4n) is 3.83. The quantitative estimate of drug-likeness (QED) is 0.287. The summed E-state index contributed by atoms with van der Waals surface area (Å²) in [6.45, 7) is 7.91. The number of rotatable bonds is 6. The van der Waals surface area contributed by atoms with E-state index in [1.165, 1.54) is 12.1 Å². The van der Waals surface area contributed by atoms with E-state index in [0.29, 0.717) is 13.1 Å². The molecule has 1 aliphatic rings. The van der Waals surface area contributed by atoms with Crippen molar-refractivity contribution >= 4 is 19.7 Å². The molecule has 44 heavy (non-hydrogen) atoms. The van der Waals surface area contributed by atoms with Crippen molar-refractivity contribution < 1.29 is 92.8 Å². The predicted octanol–water partition coefficient (Wildman–Crippen LogP) is 0.118. The van der Waals surface area contributed by atoms with Gasteiger partial charge >= 0.3 is 69.9 Å². The van der Waals surface area contributed by atoms with Gasteiger partial charge < -0.3 is 40.6 Å². The Hall–Kier alpha value is -1.76. The van der Waals surface area contributed by atoms with E-state index in [2.05, 4.69) is 43.7 Å². The Kier molecular flexibility index (Phi) is 18.0. The first-order valence-electron chi connectivity index (χ1n) is 12.5. The van der Waals surface area contributed by atoms with Gasteiger partial charge in [0.25, 0.3) is 0 Å². The Balaban J connectivity index is 0. The zero-order chi connectivity index (χ0) is 30.9. The molecule has 0 aliphatic carbocycles. The third-order valence-corrected chi connectivity index (χ3v) is 5.99. The molecule has 0 spiro atoms. The van der Waals surface area contributed by atoms with Gasteiger partial charge in [0.15, 0.2) is 0 Å². The largest absolute Gasteiger partial charge is 3.00 e. The van der Waals surface area contributed by atoms with Crippen molar-refractivity contribution in [2.75, 3.05) is 66.5 Å². The number of likely N-dealkylation sites (N-methyl/N-ethyl adjacent to an activating group) is 2. The van der Waals surface area contributed by atoms with Crippen molar-refractivity contribution in [2.24, 2.45) is 0 Å². The van der Waals surface area contributed by atoms with Crippen LogP contribution in [0.4, 0.5) is 25.2 Å². The van der Waals surface area contributed by atoms with Gasteiger partial charge in [-0.2, -0.15) is 0 Å². The van der Waals surface area contributed by atoms with Crippen LogP contribution in [0, 0.1) is 36.9 Å². The Morgan fingerprint density at radius 2 is 0.932 bits per heavy atom. The van der Waals surface area contributed by atoms with Crippen LogP contribution in [0.25, 0.3) is 0 Å². The zero-order valence-electron chi connectivity index (χ0n) is 23.8. The first-order valence-corrected chi connectivity index (χ1v) is 14.5. The molecule has 1 fully saturated rings. The number of hydrogen-bond acceptors (Lipinski definition) is 10. The second-order valence-corrected chi connectivity index (χ2v) is 11.6. The van der Waals surface area contributed by atoms with Gasteiger partial charge in [-0.25, -0.2) is 0 Å². The number of carbonyl (C=O) groups is 2. The number of carboxylic acid groups (broad SMARTS) is 2. The average molecular weight is 825 g/mol. The van der Waals surface area contributed by atoms with Gasteiger partial charge in [-0.15, -0.1) is 0 Å². The van der Waals surface area contributed by atoms with Crippen LogP contribution in [0.1, 0.15) is 32.4 Å². The summed E-state index contributed by atoms with van der Waals surface area (Å²) in [4.78, 5) is 39.8. The molecule has 0 atom stereocenters. The third kappa shape index (κ3) is 21.1. The minimum Gasteiger partial charge on any atom is -0.412 e. The van der Waals surface area contributed by atoms with Crippen LogP contribution >= 0.6 is 7.81 Å². The molecule has 3 rings (SSSR count). The monoisotopic (exact) mass is 824 g/mol. The van der Waals surface area contributed by atoms with Gasteiger partial charge in [0.05, 0.1) is 34.7 Å². The smallest absolute Gasteiger partial charge is 0.412 e. The molecule has 260 valence electrons. The van der Waals surface area contributed by atoms with Crippen molar-refractivity contribution in [2.45, 2.75) is 13.1 Å². The minimum atomic E-state index is -10.7. The summed E-state index contributed by atoms with van der Waals surface area (Å²) in [5.41, 5.74) is 1.36. The van der Waals surface area contributed by atoms with Gasteiger partial charge in [0.2, 0.25) is 0 Å². The third-order valence-electron chi connectivity index (χ3n) is 5.99. The average Bonchev–Trinajstić information content (AvgIpc) is 2.85. The summed E-state index contributed by atoms with van der Waals surface area (Å²) in [6.07, 6.45) is 0. The SMILES string of the molecule is CN1CCN(Cc2cccc(C(=O)[O-])n2)CCN(C)CCN(Cc2cccc(C(=O)[O-])n2)CC1.F[P-](F)(F)(F)(F)F.O.O.[Lu+3]. The minimum absolute atomic E-state index is 0. The fourth-order valence-corrected chi connectivity index (χ4v) is 3.83. The first kappa shape index (κ1) is 44.4. The van der Waals surface area contributed by atoms with Crippen LogP contribution in [0.5, 0.6) is 0 Å². The topological polar surface area (TPSA) is 182 Å². The molecule has 3 heterocycles. The summed E-state index contributed by atoms with van der Waals surface area (Å²) in [5, 5.41) is 22.3. The van der Waals surface area contributed by atoms with Gasteiger partial charge in [-0.05, 0) is 38.4 Å². The Morgan fingerprint density at radius 3 is 1.18 bits per heavy atom. The normalized spacial score (nSPS) is 17.7. The number of carbonyl (C=O) groups excluding carboxylic acids is 2. The maximum absolute atomic E-state index is 11.1. The van der Waals surface area contributed by atoms with E-state index in [1.54, 1.807) is 12.1 Å². The Labute approximate surface area is 279 Å². The maximum atomic E-state index is 11.1.